The highest BCUT2D eigenvalue weighted by Gasteiger charge is 2.29. The number of aromatic nitrogens is 7. The van der Waals surface area contributed by atoms with Crippen LogP contribution in [0.5, 0.6) is 0 Å². The summed E-state index contributed by atoms with van der Waals surface area (Å²) in [6.45, 7) is 0. The van der Waals surface area contributed by atoms with Gasteiger partial charge in [0, 0.05) is 23.4 Å². The monoisotopic (exact) mass is 509 g/mol. The van der Waals surface area contributed by atoms with Crippen LogP contribution in [-0.2, 0) is 12.8 Å². The third-order valence-electron chi connectivity index (χ3n) is 6.39. The van der Waals surface area contributed by atoms with Gasteiger partial charge in [0.1, 0.15) is 12.1 Å². The molecule has 0 bridgehead atoms. The van der Waals surface area contributed by atoms with E-state index in [2.05, 4.69) is 25.4 Å². The molecule has 0 N–H and O–H groups in total. The molecule has 0 atom stereocenters. The zero-order chi connectivity index (χ0) is 24.9. The van der Waals surface area contributed by atoms with E-state index in [1.807, 2.05) is 59.2 Å². The number of benzene rings is 3. The van der Waals surface area contributed by atoms with Crippen LogP contribution in [0, 0.1) is 5.82 Å². The Morgan fingerprint density at radius 2 is 1.84 bits per heavy atom. The van der Waals surface area contributed by atoms with Crippen LogP contribution in [0.3, 0.4) is 0 Å². The average Bonchev–Trinajstić information content (AvgIpc) is 3.63. The minimum Gasteiger partial charge on any atom is -0.332 e. The lowest BCUT2D eigenvalue weighted by atomic mass is 10.1. The average molecular weight is 510 g/mol. The lowest BCUT2D eigenvalue weighted by Gasteiger charge is -2.09. The molecular weight excluding hydrogens is 493 g/mol. The fourth-order valence-corrected chi connectivity index (χ4v) is 4.83. The quantitative estimate of drug-likeness (QED) is 0.313. The van der Waals surface area contributed by atoms with Gasteiger partial charge < -0.3 is 4.52 Å². The van der Waals surface area contributed by atoms with E-state index in [4.69, 9.17) is 16.1 Å². The first-order valence-electron chi connectivity index (χ1n) is 11.6. The van der Waals surface area contributed by atoms with Gasteiger partial charge in [-0.05, 0) is 35.9 Å². The highest BCUT2D eigenvalue weighted by molar-refractivity contribution is 6.30. The molecule has 3 aromatic heterocycles. The summed E-state index contributed by atoms with van der Waals surface area (Å²) >= 11 is 6.38. The number of imidazole rings is 1. The van der Waals surface area contributed by atoms with Crippen LogP contribution >= 0.6 is 11.6 Å². The highest BCUT2D eigenvalue weighted by Crippen LogP contribution is 2.35. The van der Waals surface area contributed by atoms with E-state index in [1.54, 1.807) is 17.1 Å². The van der Waals surface area contributed by atoms with Gasteiger partial charge in [0.05, 0.1) is 28.5 Å². The largest absolute Gasteiger partial charge is 0.332 e. The normalized spacial score (nSPS) is 12.1. The fraction of sp³-hybridized carbons (Fsp3) is 0.0741. The molecule has 10 heteroatoms. The Labute approximate surface area is 215 Å². The maximum absolute atomic E-state index is 13.9. The Kier molecular flexibility index (Phi) is 4.97. The molecule has 1 aliphatic rings. The number of fused-ring (bicyclic) bond motifs is 5. The van der Waals surface area contributed by atoms with Crippen LogP contribution in [0.1, 0.15) is 22.6 Å². The minimum absolute atomic E-state index is 0.293. The highest BCUT2D eigenvalue weighted by atomic mass is 35.5. The lowest BCUT2D eigenvalue weighted by molar-refractivity contribution is 0.431. The molecule has 0 amide bonds. The van der Waals surface area contributed by atoms with Gasteiger partial charge in [-0.2, -0.15) is 4.98 Å². The van der Waals surface area contributed by atoms with Gasteiger partial charge in [-0.15, -0.1) is 5.10 Å². The zero-order valence-corrected chi connectivity index (χ0v) is 20.0. The summed E-state index contributed by atoms with van der Waals surface area (Å²) in [7, 11) is 0. The van der Waals surface area contributed by atoms with Crippen LogP contribution in [0.15, 0.2) is 83.6 Å². The predicted octanol–water partition coefficient (Wildman–Crippen LogP) is 5.46. The molecule has 0 unspecified atom stereocenters. The number of halogens is 2. The molecular formula is C27H17ClFN7O. The molecule has 7 rings (SSSR count). The van der Waals surface area contributed by atoms with Crippen LogP contribution in [0.25, 0.3) is 34.3 Å². The molecule has 4 heterocycles. The van der Waals surface area contributed by atoms with Crippen molar-refractivity contribution in [2.24, 2.45) is 0 Å². The minimum atomic E-state index is -0.293. The first-order valence-corrected chi connectivity index (χ1v) is 12.0. The Morgan fingerprint density at radius 3 is 2.70 bits per heavy atom. The Hall–Kier alpha value is -4.63. The number of nitrogens with zero attached hydrogens (tertiary/aromatic N) is 7. The van der Waals surface area contributed by atoms with Crippen molar-refractivity contribution in [3.8, 4) is 34.3 Å². The lowest BCUT2D eigenvalue weighted by Crippen LogP contribution is -2.04. The summed E-state index contributed by atoms with van der Waals surface area (Å²) < 4.78 is 23.3. The number of hydrogen-bond donors (Lipinski definition) is 0. The van der Waals surface area contributed by atoms with Gasteiger partial charge >= 0.3 is 0 Å². The molecule has 180 valence electrons. The standard InChI is InChI=1S/C27H17ClFN7O/c28-18-9-10-21-23(13-18)36-22(20(32-34-36)12-16-5-4-8-19(29)11-16)14-24-25(30-15-35(21)24)27-31-26(33-37-27)17-6-2-1-3-7-17/h1-11,13,15H,12,14H2. The smallest absolute Gasteiger partial charge is 0.278 e. The molecule has 37 heavy (non-hydrogen) atoms. The Bertz CT molecular complexity index is 1770. The maximum Gasteiger partial charge on any atom is 0.278 e. The molecule has 0 aliphatic carbocycles. The molecule has 3 aromatic carbocycles. The molecule has 6 aromatic rings. The summed E-state index contributed by atoms with van der Waals surface area (Å²) in [6.07, 6.45) is 2.59. The van der Waals surface area contributed by atoms with Crippen LogP contribution in [-0.4, -0.2) is 34.7 Å². The van der Waals surface area contributed by atoms with E-state index in [1.165, 1.54) is 12.1 Å². The van der Waals surface area contributed by atoms with E-state index in [0.29, 0.717) is 35.3 Å². The second-order valence-electron chi connectivity index (χ2n) is 8.71. The van der Waals surface area contributed by atoms with E-state index in [0.717, 1.165) is 39.6 Å². The van der Waals surface area contributed by atoms with Gasteiger partial charge in [0.2, 0.25) is 5.82 Å². The molecule has 1 aliphatic heterocycles. The van der Waals surface area contributed by atoms with Gasteiger partial charge in [0.15, 0.2) is 5.69 Å². The van der Waals surface area contributed by atoms with Crippen molar-refractivity contribution in [1.29, 1.82) is 0 Å². The Balaban J connectivity index is 1.37. The fourth-order valence-electron chi connectivity index (χ4n) is 4.66. The molecule has 0 fully saturated rings. The topological polar surface area (TPSA) is 87.4 Å². The summed E-state index contributed by atoms with van der Waals surface area (Å²) in [5.41, 5.74) is 6.24. The van der Waals surface area contributed by atoms with Crippen molar-refractivity contribution < 1.29 is 8.91 Å². The van der Waals surface area contributed by atoms with Crippen molar-refractivity contribution in [2.75, 3.05) is 0 Å². The van der Waals surface area contributed by atoms with Gasteiger partial charge in [-0.1, -0.05) is 64.4 Å². The van der Waals surface area contributed by atoms with Crippen molar-refractivity contribution in [1.82, 2.24) is 34.7 Å². The molecule has 0 radical (unpaired) electrons. The van der Waals surface area contributed by atoms with Crippen LogP contribution < -0.4 is 0 Å². The van der Waals surface area contributed by atoms with Gasteiger partial charge in [-0.25, -0.2) is 14.1 Å². The maximum atomic E-state index is 13.9. The first kappa shape index (κ1) is 21.6. The molecule has 0 saturated carbocycles. The predicted molar refractivity (Wildman–Crippen MR) is 134 cm³/mol. The summed E-state index contributed by atoms with van der Waals surface area (Å²) in [5, 5.41) is 13.7. The number of rotatable bonds is 4. The third-order valence-corrected chi connectivity index (χ3v) is 6.63. The third kappa shape index (κ3) is 3.71. The summed E-state index contributed by atoms with van der Waals surface area (Å²) in [5.74, 6) is 0.506. The molecule has 0 saturated heterocycles. The van der Waals surface area contributed by atoms with Crippen LogP contribution in [0.2, 0.25) is 5.02 Å². The number of hydrogen-bond acceptors (Lipinski definition) is 6. The van der Waals surface area contributed by atoms with Crippen molar-refractivity contribution in [3.05, 3.63) is 113 Å². The summed E-state index contributed by atoms with van der Waals surface area (Å²) in [4.78, 5) is 9.28. The zero-order valence-electron chi connectivity index (χ0n) is 19.2. The van der Waals surface area contributed by atoms with E-state index in [-0.39, 0.29) is 5.82 Å². The second-order valence-corrected chi connectivity index (χ2v) is 9.15. The summed E-state index contributed by atoms with van der Waals surface area (Å²) in [6, 6.07) is 21.7. The second kappa shape index (κ2) is 8.49. The van der Waals surface area contributed by atoms with E-state index < -0.39 is 0 Å². The SMILES string of the molecule is Fc1cccc(Cc2nnn3c2Cc2c(-c4nc(-c5ccccc5)no4)ncn2-c2ccc(Cl)cc2-3)c1. The van der Waals surface area contributed by atoms with Gasteiger partial charge in [0.25, 0.3) is 5.89 Å². The molecule has 0 spiro atoms. The van der Waals surface area contributed by atoms with Gasteiger partial charge in [-0.3, -0.25) is 4.57 Å². The van der Waals surface area contributed by atoms with Crippen molar-refractivity contribution in [2.45, 2.75) is 12.8 Å². The molecule has 8 nitrogen and oxygen atoms in total. The first-order chi connectivity index (χ1) is 18.1. The van der Waals surface area contributed by atoms with Crippen molar-refractivity contribution >= 4 is 11.6 Å². The Morgan fingerprint density at radius 1 is 0.946 bits per heavy atom. The van der Waals surface area contributed by atoms with E-state index in [9.17, 15) is 4.39 Å². The van der Waals surface area contributed by atoms with Crippen molar-refractivity contribution in [3.63, 3.8) is 0 Å². The van der Waals surface area contributed by atoms with E-state index >= 15 is 0 Å². The van der Waals surface area contributed by atoms with Crippen LogP contribution in [0.4, 0.5) is 4.39 Å².